The minimum absolute atomic E-state index is 0.0318. The van der Waals surface area contributed by atoms with Crippen LogP contribution >= 0.6 is 11.8 Å². The summed E-state index contributed by atoms with van der Waals surface area (Å²) in [5.74, 6) is 0.107. The number of nitrogens with one attached hydrogen (secondary N) is 1. The molecule has 1 aromatic heterocycles. The lowest BCUT2D eigenvalue weighted by Crippen LogP contribution is -2.45. The van der Waals surface area contributed by atoms with Gasteiger partial charge in [0.05, 0.1) is 16.3 Å². The molecule has 2 atom stereocenters. The van der Waals surface area contributed by atoms with Crippen molar-refractivity contribution in [3.8, 4) is 0 Å². The first-order valence-corrected chi connectivity index (χ1v) is 17.0. The normalized spacial score (nSPS) is 22.4. The van der Waals surface area contributed by atoms with E-state index in [-0.39, 0.29) is 40.8 Å². The van der Waals surface area contributed by atoms with Crippen LogP contribution in [0, 0.1) is 5.41 Å². The van der Waals surface area contributed by atoms with E-state index in [2.05, 4.69) is 66.9 Å². The number of thioether (sulfide) groups is 1. The van der Waals surface area contributed by atoms with Gasteiger partial charge in [0, 0.05) is 69.5 Å². The van der Waals surface area contributed by atoms with Crippen molar-refractivity contribution in [1.29, 1.82) is 0 Å². The summed E-state index contributed by atoms with van der Waals surface area (Å²) in [7, 11) is 2.16. The third kappa shape index (κ3) is 6.42. The highest BCUT2D eigenvalue weighted by Crippen LogP contribution is 2.48. The summed E-state index contributed by atoms with van der Waals surface area (Å²) in [6.07, 6.45) is 2.55. The summed E-state index contributed by atoms with van der Waals surface area (Å²) in [6.45, 7) is 12.4. The molecule has 2 unspecified atom stereocenters. The van der Waals surface area contributed by atoms with Gasteiger partial charge in [-0.05, 0) is 49.9 Å². The van der Waals surface area contributed by atoms with Crippen LogP contribution < -0.4 is 10.6 Å². The van der Waals surface area contributed by atoms with Gasteiger partial charge in [0.2, 0.25) is 11.8 Å². The van der Waals surface area contributed by atoms with E-state index >= 15 is 0 Å². The number of likely N-dealkylation sites (tertiary alicyclic amines) is 1. The largest absolute Gasteiger partial charge is 0.369 e. The number of aromatic amines is 1. The number of rotatable bonds is 7. The van der Waals surface area contributed by atoms with E-state index in [4.69, 9.17) is 0 Å². The van der Waals surface area contributed by atoms with E-state index in [1.54, 1.807) is 11.8 Å². The van der Waals surface area contributed by atoms with Gasteiger partial charge in [0.1, 0.15) is 5.37 Å². The van der Waals surface area contributed by atoms with Crippen LogP contribution in [0.5, 0.6) is 0 Å². The second-order valence-electron chi connectivity index (χ2n) is 13.8. The molecule has 0 radical (unpaired) electrons. The van der Waals surface area contributed by atoms with E-state index in [9.17, 15) is 14.4 Å². The molecule has 3 aliphatic rings. The van der Waals surface area contributed by atoms with E-state index in [1.165, 1.54) is 11.3 Å². The maximum absolute atomic E-state index is 14.0. The maximum atomic E-state index is 14.0. The van der Waals surface area contributed by atoms with Crippen molar-refractivity contribution < 1.29 is 9.59 Å². The Balaban J connectivity index is 1.16. The molecule has 2 amide bonds. The molecule has 6 rings (SSSR count). The topological polar surface area (TPSA) is 84.9 Å². The summed E-state index contributed by atoms with van der Waals surface area (Å²) in [4.78, 5) is 52.1. The molecule has 3 saturated heterocycles. The number of fused-ring (bicyclic) bond motifs is 1. The number of aromatic nitrogens is 2. The van der Waals surface area contributed by atoms with E-state index < -0.39 is 5.25 Å². The fraction of sp³-hybridized carbons (Fsp3) is 0.559. The summed E-state index contributed by atoms with van der Waals surface area (Å²) in [5.41, 5.74) is 4.12. The molecule has 0 saturated carbocycles. The number of carbonyl (C=O) groups excluding carboxylic acids is 2. The SMILES string of the molecule is CN1CCN(c2ccccc2C2SC(CC(=O)N3CCC(n4c(=O)[nH]c5ccccc54)CC3)C(=O)N2CCC(C)(C)C)CC1. The number of hydrogen-bond donors (Lipinski definition) is 1. The van der Waals surface area contributed by atoms with Crippen LogP contribution in [0.15, 0.2) is 53.3 Å². The number of benzene rings is 2. The minimum atomic E-state index is -0.401. The molecule has 3 fully saturated rings. The Morgan fingerprint density at radius 3 is 2.34 bits per heavy atom. The number of likely N-dealkylation sites (N-methyl/N-ethyl adjacent to an activating group) is 1. The zero-order valence-electron chi connectivity index (χ0n) is 26.5. The highest BCUT2D eigenvalue weighted by atomic mass is 32.2. The number of para-hydroxylation sites is 3. The van der Waals surface area contributed by atoms with Gasteiger partial charge in [0.25, 0.3) is 0 Å². The smallest absolute Gasteiger partial charge is 0.326 e. The van der Waals surface area contributed by atoms with Gasteiger partial charge in [-0.1, -0.05) is 51.1 Å². The third-order valence-electron chi connectivity index (χ3n) is 9.45. The molecule has 9 nitrogen and oxygen atoms in total. The number of amides is 2. The fourth-order valence-corrected chi connectivity index (χ4v) is 8.28. The van der Waals surface area contributed by atoms with Gasteiger partial charge in [-0.3, -0.25) is 14.2 Å². The lowest BCUT2D eigenvalue weighted by Gasteiger charge is -2.37. The second kappa shape index (κ2) is 12.6. The van der Waals surface area contributed by atoms with Crippen molar-refractivity contribution in [2.45, 2.75) is 63.1 Å². The quantitative estimate of drug-likeness (QED) is 0.413. The molecule has 236 valence electrons. The Bertz CT molecular complexity index is 1540. The Morgan fingerprint density at radius 2 is 1.61 bits per heavy atom. The van der Waals surface area contributed by atoms with Crippen LogP contribution in [0.2, 0.25) is 0 Å². The van der Waals surface area contributed by atoms with Gasteiger partial charge in [0.15, 0.2) is 0 Å². The Labute approximate surface area is 264 Å². The molecular formula is C34H46N6O3S. The number of imidazole rings is 1. The van der Waals surface area contributed by atoms with Crippen molar-refractivity contribution in [2.24, 2.45) is 5.41 Å². The molecule has 2 aromatic carbocycles. The number of piperidine rings is 1. The van der Waals surface area contributed by atoms with Gasteiger partial charge < -0.3 is 24.6 Å². The third-order valence-corrected chi connectivity index (χ3v) is 10.9. The molecule has 0 spiro atoms. The summed E-state index contributed by atoms with van der Waals surface area (Å²) in [5, 5.41) is -0.514. The predicted molar refractivity (Wildman–Crippen MR) is 178 cm³/mol. The van der Waals surface area contributed by atoms with E-state index in [0.717, 1.165) is 56.5 Å². The molecule has 0 bridgehead atoms. The van der Waals surface area contributed by atoms with E-state index in [1.807, 2.05) is 38.6 Å². The van der Waals surface area contributed by atoms with Gasteiger partial charge in [-0.2, -0.15) is 0 Å². The van der Waals surface area contributed by atoms with Crippen LogP contribution in [0.25, 0.3) is 11.0 Å². The van der Waals surface area contributed by atoms with E-state index in [0.29, 0.717) is 19.6 Å². The molecule has 0 aliphatic carbocycles. The summed E-state index contributed by atoms with van der Waals surface area (Å²) >= 11 is 1.65. The number of hydrogen-bond acceptors (Lipinski definition) is 6. The van der Waals surface area contributed by atoms with Crippen molar-refractivity contribution in [1.82, 2.24) is 24.3 Å². The number of piperazine rings is 1. The second-order valence-corrected chi connectivity index (χ2v) is 15.1. The van der Waals surface area contributed by atoms with Crippen molar-refractivity contribution in [3.05, 3.63) is 64.6 Å². The molecule has 10 heteroatoms. The zero-order chi connectivity index (χ0) is 31.0. The monoisotopic (exact) mass is 618 g/mol. The van der Waals surface area contributed by atoms with Crippen LogP contribution in [0.4, 0.5) is 5.69 Å². The molecule has 44 heavy (non-hydrogen) atoms. The van der Waals surface area contributed by atoms with Gasteiger partial charge >= 0.3 is 5.69 Å². The molecule has 3 aromatic rings. The van der Waals surface area contributed by atoms with Crippen molar-refractivity contribution >= 4 is 40.3 Å². The first-order valence-electron chi connectivity index (χ1n) is 16.0. The summed E-state index contributed by atoms with van der Waals surface area (Å²) in [6, 6.07) is 16.3. The lowest BCUT2D eigenvalue weighted by molar-refractivity contribution is -0.136. The molecule has 4 heterocycles. The maximum Gasteiger partial charge on any atom is 0.326 e. The Kier molecular flexibility index (Phi) is 8.84. The first kappa shape index (κ1) is 30.8. The summed E-state index contributed by atoms with van der Waals surface area (Å²) < 4.78 is 1.85. The Morgan fingerprint density at radius 1 is 0.932 bits per heavy atom. The number of nitrogens with zero attached hydrogens (tertiary/aromatic N) is 5. The lowest BCUT2D eigenvalue weighted by atomic mass is 9.92. The molecular weight excluding hydrogens is 572 g/mol. The van der Waals surface area contributed by atoms with Crippen LogP contribution in [0.1, 0.15) is 63.4 Å². The van der Waals surface area contributed by atoms with Crippen LogP contribution in [-0.4, -0.2) is 94.2 Å². The standard InChI is InChI=1S/C34H46N6O3S/c1-34(2,3)15-18-39-31(42)29(44-32(39)25-9-5-7-11-27(25)37-21-19-36(4)20-22-37)23-30(41)38-16-13-24(14-17-38)40-28-12-8-6-10-26(28)35-33(40)43/h5-12,24,29,32H,13-23H2,1-4H3,(H,35,43). The van der Waals surface area contributed by atoms with Crippen LogP contribution in [0.3, 0.4) is 0 Å². The molecule has 1 N–H and O–H groups in total. The van der Waals surface area contributed by atoms with Crippen LogP contribution in [-0.2, 0) is 9.59 Å². The average molecular weight is 619 g/mol. The van der Waals surface area contributed by atoms with Crippen molar-refractivity contribution in [3.63, 3.8) is 0 Å². The number of H-pyrrole nitrogens is 1. The number of anilines is 1. The molecule has 3 aliphatic heterocycles. The average Bonchev–Trinajstić information content (AvgIpc) is 3.51. The van der Waals surface area contributed by atoms with Gasteiger partial charge in [-0.25, -0.2) is 4.79 Å². The van der Waals surface area contributed by atoms with Gasteiger partial charge in [-0.15, -0.1) is 11.8 Å². The fourth-order valence-electron chi connectivity index (χ4n) is 6.78. The highest BCUT2D eigenvalue weighted by Gasteiger charge is 2.44. The minimum Gasteiger partial charge on any atom is -0.369 e. The zero-order valence-corrected chi connectivity index (χ0v) is 27.3. The predicted octanol–water partition coefficient (Wildman–Crippen LogP) is 4.71. The van der Waals surface area contributed by atoms with Crippen molar-refractivity contribution in [2.75, 3.05) is 57.8 Å². The highest BCUT2D eigenvalue weighted by molar-refractivity contribution is 8.01. The number of carbonyl (C=O) groups is 2. The Hall–Kier alpha value is -3.24. The first-order chi connectivity index (χ1) is 21.1.